The number of nitrogens with zero attached hydrogens (tertiary/aromatic N) is 3. The van der Waals surface area contributed by atoms with E-state index in [0.717, 1.165) is 10.2 Å². The number of hydrogen-bond acceptors (Lipinski definition) is 6. The Kier molecular flexibility index (Phi) is 5.46. The highest BCUT2D eigenvalue weighted by Crippen LogP contribution is 2.21. The fraction of sp³-hybridized carbons (Fsp3) is 0.158. The molecule has 8 nitrogen and oxygen atoms in total. The molecule has 138 valence electrons. The SMILES string of the molecule is COc1cccc(-c2ccc(=O)n(CC(=O)Nc3ccc(OC)nc3)n2)c1. The molecule has 1 amide bonds. The van der Waals surface area contributed by atoms with Gasteiger partial charge in [-0.05, 0) is 24.3 Å². The van der Waals surface area contributed by atoms with E-state index in [2.05, 4.69) is 15.4 Å². The van der Waals surface area contributed by atoms with E-state index in [4.69, 9.17) is 9.47 Å². The molecular weight excluding hydrogens is 348 g/mol. The van der Waals surface area contributed by atoms with Gasteiger partial charge in [0.1, 0.15) is 12.3 Å². The van der Waals surface area contributed by atoms with Gasteiger partial charge in [0.2, 0.25) is 11.8 Å². The predicted octanol–water partition coefficient (Wildman–Crippen LogP) is 1.96. The van der Waals surface area contributed by atoms with Crippen molar-refractivity contribution in [2.24, 2.45) is 0 Å². The number of benzene rings is 1. The minimum Gasteiger partial charge on any atom is -0.497 e. The molecule has 8 heteroatoms. The standard InChI is InChI=1S/C19H18N4O4/c1-26-15-5-3-4-13(10-15)16-7-9-19(25)23(22-16)12-17(24)21-14-6-8-18(27-2)20-11-14/h3-11H,12H2,1-2H3,(H,21,24). The Labute approximate surface area is 155 Å². The summed E-state index contributed by atoms with van der Waals surface area (Å²) in [5, 5.41) is 6.95. The van der Waals surface area contributed by atoms with Crippen molar-refractivity contribution in [2.75, 3.05) is 19.5 Å². The van der Waals surface area contributed by atoms with E-state index in [-0.39, 0.29) is 18.0 Å². The van der Waals surface area contributed by atoms with Crippen LogP contribution in [0.5, 0.6) is 11.6 Å². The maximum atomic E-state index is 12.2. The van der Waals surface area contributed by atoms with Gasteiger partial charge in [-0.25, -0.2) is 9.67 Å². The number of anilines is 1. The molecule has 0 aliphatic carbocycles. The van der Waals surface area contributed by atoms with Crippen LogP contribution in [-0.2, 0) is 11.3 Å². The molecule has 0 spiro atoms. The van der Waals surface area contributed by atoms with Crippen LogP contribution < -0.4 is 20.3 Å². The molecule has 0 aliphatic heterocycles. The van der Waals surface area contributed by atoms with E-state index < -0.39 is 0 Å². The Hall–Kier alpha value is -3.68. The van der Waals surface area contributed by atoms with Crippen molar-refractivity contribution >= 4 is 11.6 Å². The van der Waals surface area contributed by atoms with Crippen LogP contribution in [0.1, 0.15) is 0 Å². The molecule has 3 rings (SSSR count). The highest BCUT2D eigenvalue weighted by molar-refractivity contribution is 5.90. The van der Waals surface area contributed by atoms with Crippen LogP contribution in [0.2, 0.25) is 0 Å². The van der Waals surface area contributed by atoms with Gasteiger partial charge < -0.3 is 14.8 Å². The molecule has 3 aromatic rings. The Balaban J connectivity index is 1.77. The quantitative estimate of drug-likeness (QED) is 0.717. The molecule has 0 unspecified atom stereocenters. The van der Waals surface area contributed by atoms with Crippen LogP contribution >= 0.6 is 0 Å². The van der Waals surface area contributed by atoms with Gasteiger partial charge in [-0.1, -0.05) is 12.1 Å². The third-order valence-electron chi connectivity index (χ3n) is 3.75. The third-order valence-corrected chi connectivity index (χ3v) is 3.75. The molecule has 0 radical (unpaired) electrons. The van der Waals surface area contributed by atoms with Gasteiger partial charge in [-0.15, -0.1) is 0 Å². The largest absolute Gasteiger partial charge is 0.497 e. The number of carbonyl (C=O) groups excluding carboxylic acids is 1. The molecule has 1 aromatic carbocycles. The van der Waals surface area contributed by atoms with E-state index in [1.165, 1.54) is 19.4 Å². The van der Waals surface area contributed by atoms with Gasteiger partial charge in [-0.3, -0.25) is 9.59 Å². The van der Waals surface area contributed by atoms with Crippen molar-refractivity contribution in [3.05, 3.63) is 65.1 Å². The number of rotatable bonds is 6. The Morgan fingerprint density at radius 3 is 2.67 bits per heavy atom. The minimum absolute atomic E-state index is 0.220. The maximum absolute atomic E-state index is 12.2. The van der Waals surface area contributed by atoms with E-state index >= 15 is 0 Å². The van der Waals surface area contributed by atoms with Crippen LogP contribution in [0, 0.1) is 0 Å². The monoisotopic (exact) mass is 366 g/mol. The number of carbonyl (C=O) groups is 1. The maximum Gasteiger partial charge on any atom is 0.267 e. The second-order valence-corrected chi connectivity index (χ2v) is 5.58. The Bertz CT molecular complexity index is 999. The highest BCUT2D eigenvalue weighted by atomic mass is 16.5. The molecule has 2 heterocycles. The summed E-state index contributed by atoms with van der Waals surface area (Å²) < 4.78 is 11.3. The van der Waals surface area contributed by atoms with Crippen LogP contribution in [0.4, 0.5) is 5.69 Å². The second kappa shape index (κ2) is 8.13. The lowest BCUT2D eigenvalue weighted by molar-refractivity contribution is -0.117. The molecule has 1 N–H and O–H groups in total. The molecule has 0 fully saturated rings. The lowest BCUT2D eigenvalue weighted by Crippen LogP contribution is -2.29. The molecule has 27 heavy (non-hydrogen) atoms. The number of pyridine rings is 1. The zero-order valence-corrected chi connectivity index (χ0v) is 14.9. The van der Waals surface area contributed by atoms with Crippen molar-refractivity contribution in [3.8, 4) is 22.9 Å². The average Bonchev–Trinajstić information content (AvgIpc) is 2.70. The van der Waals surface area contributed by atoms with E-state index in [0.29, 0.717) is 23.0 Å². The molecule has 2 aromatic heterocycles. The predicted molar refractivity (Wildman–Crippen MR) is 99.9 cm³/mol. The van der Waals surface area contributed by atoms with Gasteiger partial charge in [0, 0.05) is 17.7 Å². The zero-order valence-electron chi connectivity index (χ0n) is 14.9. The van der Waals surface area contributed by atoms with Crippen molar-refractivity contribution < 1.29 is 14.3 Å². The van der Waals surface area contributed by atoms with Crippen molar-refractivity contribution in [1.29, 1.82) is 0 Å². The summed E-state index contributed by atoms with van der Waals surface area (Å²) in [5.74, 6) is 0.730. The van der Waals surface area contributed by atoms with Crippen LogP contribution in [0.15, 0.2) is 59.5 Å². The average molecular weight is 366 g/mol. The van der Waals surface area contributed by atoms with Gasteiger partial charge in [0.15, 0.2) is 0 Å². The first-order valence-electron chi connectivity index (χ1n) is 8.11. The number of methoxy groups -OCH3 is 2. The Morgan fingerprint density at radius 1 is 1.11 bits per heavy atom. The first-order chi connectivity index (χ1) is 13.1. The zero-order chi connectivity index (χ0) is 19.2. The van der Waals surface area contributed by atoms with E-state index in [1.807, 2.05) is 18.2 Å². The summed E-state index contributed by atoms with van der Waals surface area (Å²) >= 11 is 0. The molecule has 0 saturated carbocycles. The smallest absolute Gasteiger partial charge is 0.267 e. The fourth-order valence-corrected chi connectivity index (χ4v) is 2.41. The number of nitrogens with one attached hydrogen (secondary N) is 1. The first-order valence-corrected chi connectivity index (χ1v) is 8.11. The third kappa shape index (κ3) is 4.49. The summed E-state index contributed by atoms with van der Waals surface area (Å²) in [6, 6.07) is 13.6. The Morgan fingerprint density at radius 2 is 1.96 bits per heavy atom. The van der Waals surface area contributed by atoms with E-state index in [9.17, 15) is 9.59 Å². The number of hydrogen-bond donors (Lipinski definition) is 1. The second-order valence-electron chi connectivity index (χ2n) is 5.58. The van der Waals surface area contributed by atoms with Crippen LogP contribution in [0.3, 0.4) is 0 Å². The molecule has 0 saturated heterocycles. The highest BCUT2D eigenvalue weighted by Gasteiger charge is 2.09. The van der Waals surface area contributed by atoms with Crippen LogP contribution in [-0.4, -0.2) is 34.9 Å². The van der Waals surface area contributed by atoms with Gasteiger partial charge in [0.25, 0.3) is 5.56 Å². The van der Waals surface area contributed by atoms with Gasteiger partial charge in [-0.2, -0.15) is 5.10 Å². The molecular formula is C19H18N4O4. The lowest BCUT2D eigenvalue weighted by Gasteiger charge is -2.09. The summed E-state index contributed by atoms with van der Waals surface area (Å²) in [6.07, 6.45) is 1.47. The lowest BCUT2D eigenvalue weighted by atomic mass is 10.1. The van der Waals surface area contributed by atoms with Crippen molar-refractivity contribution in [1.82, 2.24) is 14.8 Å². The molecule has 0 atom stereocenters. The number of amides is 1. The number of ether oxygens (including phenoxy) is 2. The summed E-state index contributed by atoms with van der Waals surface area (Å²) in [5.41, 5.74) is 1.47. The number of aromatic nitrogens is 3. The first kappa shape index (κ1) is 18.1. The summed E-state index contributed by atoms with van der Waals surface area (Å²) in [7, 11) is 3.08. The van der Waals surface area contributed by atoms with Gasteiger partial charge in [0.05, 0.1) is 31.8 Å². The fourth-order valence-electron chi connectivity index (χ4n) is 2.41. The topological polar surface area (TPSA) is 95.3 Å². The normalized spacial score (nSPS) is 10.3. The molecule has 0 aliphatic rings. The summed E-state index contributed by atoms with van der Waals surface area (Å²) in [6.45, 7) is -0.220. The van der Waals surface area contributed by atoms with Crippen molar-refractivity contribution in [2.45, 2.75) is 6.54 Å². The van der Waals surface area contributed by atoms with Crippen LogP contribution in [0.25, 0.3) is 11.3 Å². The van der Waals surface area contributed by atoms with Gasteiger partial charge >= 0.3 is 0 Å². The molecule has 0 bridgehead atoms. The minimum atomic E-state index is -0.389. The van der Waals surface area contributed by atoms with E-state index in [1.54, 1.807) is 31.4 Å². The van der Waals surface area contributed by atoms with Crippen molar-refractivity contribution in [3.63, 3.8) is 0 Å². The summed E-state index contributed by atoms with van der Waals surface area (Å²) in [4.78, 5) is 28.3.